The SMILES string of the molecule is CCCNC(=O)[C@@H](C)N(Cc1ccccc1C)C(=O)CSCc1ccc(OC)cc1. The van der Waals surface area contributed by atoms with Crippen LogP contribution in [0.1, 0.15) is 37.0 Å². The molecule has 6 heteroatoms. The summed E-state index contributed by atoms with van der Waals surface area (Å²) in [4.78, 5) is 27.3. The lowest BCUT2D eigenvalue weighted by Crippen LogP contribution is -2.48. The van der Waals surface area contributed by atoms with Gasteiger partial charge >= 0.3 is 0 Å². The van der Waals surface area contributed by atoms with Gasteiger partial charge in [-0.2, -0.15) is 0 Å². The lowest BCUT2D eigenvalue weighted by atomic mass is 10.1. The van der Waals surface area contributed by atoms with Crippen molar-refractivity contribution in [1.82, 2.24) is 10.2 Å². The van der Waals surface area contributed by atoms with Gasteiger partial charge < -0.3 is 15.0 Å². The van der Waals surface area contributed by atoms with Crippen LogP contribution in [0, 0.1) is 6.92 Å². The molecule has 5 nitrogen and oxygen atoms in total. The average Bonchev–Trinajstić information content (AvgIpc) is 2.76. The van der Waals surface area contributed by atoms with E-state index in [1.165, 1.54) is 0 Å². The van der Waals surface area contributed by atoms with Crippen LogP contribution < -0.4 is 10.1 Å². The zero-order valence-corrected chi connectivity index (χ0v) is 19.1. The maximum absolute atomic E-state index is 13.1. The van der Waals surface area contributed by atoms with Gasteiger partial charge in [-0.15, -0.1) is 11.8 Å². The Balaban J connectivity index is 2.04. The zero-order valence-electron chi connectivity index (χ0n) is 18.3. The second kappa shape index (κ2) is 12.3. The third-order valence-electron chi connectivity index (χ3n) is 4.97. The number of benzene rings is 2. The number of ether oxygens (including phenoxy) is 1. The summed E-state index contributed by atoms with van der Waals surface area (Å²) >= 11 is 1.55. The first-order chi connectivity index (χ1) is 14.5. The van der Waals surface area contributed by atoms with Gasteiger partial charge in [0.15, 0.2) is 0 Å². The highest BCUT2D eigenvalue weighted by atomic mass is 32.2. The largest absolute Gasteiger partial charge is 0.497 e. The molecule has 162 valence electrons. The summed E-state index contributed by atoms with van der Waals surface area (Å²) in [5.74, 6) is 1.72. The molecule has 0 radical (unpaired) electrons. The van der Waals surface area contributed by atoms with Gasteiger partial charge in [-0.3, -0.25) is 9.59 Å². The summed E-state index contributed by atoms with van der Waals surface area (Å²) < 4.78 is 5.18. The molecule has 1 N–H and O–H groups in total. The second-order valence-corrected chi connectivity index (χ2v) is 8.24. The molecule has 1 atom stereocenters. The third kappa shape index (κ3) is 7.10. The van der Waals surface area contributed by atoms with Gasteiger partial charge in [0.25, 0.3) is 0 Å². The van der Waals surface area contributed by atoms with E-state index in [1.807, 2.05) is 62.4 Å². The van der Waals surface area contributed by atoms with Crippen molar-refractivity contribution in [3.8, 4) is 5.75 Å². The molecule has 0 saturated carbocycles. The number of nitrogens with zero attached hydrogens (tertiary/aromatic N) is 1. The predicted molar refractivity (Wildman–Crippen MR) is 124 cm³/mol. The van der Waals surface area contributed by atoms with Gasteiger partial charge in [-0.1, -0.05) is 43.3 Å². The van der Waals surface area contributed by atoms with Crippen LogP contribution in [-0.2, 0) is 21.9 Å². The van der Waals surface area contributed by atoms with E-state index in [-0.39, 0.29) is 11.8 Å². The minimum absolute atomic E-state index is 0.0316. The first-order valence-corrected chi connectivity index (χ1v) is 11.4. The zero-order chi connectivity index (χ0) is 21.9. The van der Waals surface area contributed by atoms with Crippen molar-refractivity contribution < 1.29 is 14.3 Å². The number of methoxy groups -OCH3 is 1. The quantitative estimate of drug-likeness (QED) is 0.583. The molecule has 0 aromatic heterocycles. The lowest BCUT2D eigenvalue weighted by molar-refractivity contribution is -0.138. The van der Waals surface area contributed by atoms with E-state index in [1.54, 1.807) is 30.7 Å². The molecule has 0 aliphatic carbocycles. The van der Waals surface area contributed by atoms with E-state index in [2.05, 4.69) is 5.32 Å². The van der Waals surface area contributed by atoms with E-state index >= 15 is 0 Å². The molecule has 0 unspecified atom stereocenters. The molecule has 2 amide bonds. The second-order valence-electron chi connectivity index (χ2n) is 7.26. The predicted octanol–water partition coefficient (Wildman–Crippen LogP) is 4.18. The summed E-state index contributed by atoms with van der Waals surface area (Å²) in [5.41, 5.74) is 3.30. The van der Waals surface area contributed by atoms with Crippen LogP contribution in [0.4, 0.5) is 0 Å². The van der Waals surface area contributed by atoms with Crippen molar-refractivity contribution in [2.75, 3.05) is 19.4 Å². The van der Waals surface area contributed by atoms with Crippen LogP contribution in [-0.4, -0.2) is 42.2 Å². The molecule has 2 aromatic carbocycles. The summed E-state index contributed by atoms with van der Waals surface area (Å²) in [6, 6.07) is 15.3. The number of aryl methyl sites for hydroxylation is 1. The normalized spacial score (nSPS) is 11.6. The van der Waals surface area contributed by atoms with E-state index in [4.69, 9.17) is 4.74 Å². The van der Waals surface area contributed by atoms with Gasteiger partial charge in [0.1, 0.15) is 11.8 Å². The summed E-state index contributed by atoms with van der Waals surface area (Å²) in [7, 11) is 1.64. The van der Waals surface area contributed by atoms with Crippen LogP contribution in [0.5, 0.6) is 5.75 Å². The van der Waals surface area contributed by atoms with Crippen molar-refractivity contribution in [3.63, 3.8) is 0 Å². The first-order valence-electron chi connectivity index (χ1n) is 10.3. The van der Waals surface area contributed by atoms with E-state index in [0.717, 1.165) is 34.6 Å². The van der Waals surface area contributed by atoms with Gasteiger partial charge in [0.2, 0.25) is 11.8 Å². The Morgan fingerprint density at radius 2 is 1.83 bits per heavy atom. The molecule has 2 rings (SSSR count). The van der Waals surface area contributed by atoms with Gasteiger partial charge in [0.05, 0.1) is 12.9 Å². The Morgan fingerprint density at radius 3 is 2.47 bits per heavy atom. The average molecular weight is 429 g/mol. The topological polar surface area (TPSA) is 58.6 Å². The maximum Gasteiger partial charge on any atom is 0.242 e. The van der Waals surface area contributed by atoms with Gasteiger partial charge in [-0.25, -0.2) is 0 Å². The number of hydrogen-bond donors (Lipinski definition) is 1. The van der Waals surface area contributed by atoms with Crippen molar-refractivity contribution in [1.29, 1.82) is 0 Å². The number of amides is 2. The third-order valence-corrected chi connectivity index (χ3v) is 5.96. The summed E-state index contributed by atoms with van der Waals surface area (Å²) in [6.07, 6.45) is 0.863. The Labute approximate surface area is 184 Å². The fourth-order valence-corrected chi connectivity index (χ4v) is 3.88. The lowest BCUT2D eigenvalue weighted by Gasteiger charge is -2.29. The van der Waals surface area contributed by atoms with Crippen LogP contribution in [0.3, 0.4) is 0 Å². The molecule has 30 heavy (non-hydrogen) atoms. The molecule has 0 saturated heterocycles. The molecule has 0 aliphatic heterocycles. The van der Waals surface area contributed by atoms with Crippen LogP contribution in [0.2, 0.25) is 0 Å². The number of thioether (sulfide) groups is 1. The van der Waals surface area contributed by atoms with Gasteiger partial charge in [0, 0.05) is 18.8 Å². The molecule has 0 aliphatic rings. The molecule has 0 spiro atoms. The standard InChI is InChI=1S/C24H32N2O3S/c1-5-14-25-24(28)19(3)26(15-21-9-7-6-8-18(21)2)23(27)17-30-16-20-10-12-22(29-4)13-11-20/h6-13,19H,5,14-17H2,1-4H3,(H,25,28)/t19-/m1/s1. The molecule has 0 bridgehead atoms. The van der Waals surface area contributed by atoms with Crippen molar-refractivity contribution in [2.45, 2.75) is 45.5 Å². The highest BCUT2D eigenvalue weighted by molar-refractivity contribution is 7.99. The number of carbonyl (C=O) groups excluding carboxylic acids is 2. The Morgan fingerprint density at radius 1 is 1.13 bits per heavy atom. The van der Waals surface area contributed by atoms with Crippen LogP contribution in [0.15, 0.2) is 48.5 Å². The van der Waals surface area contributed by atoms with Gasteiger partial charge in [-0.05, 0) is 49.1 Å². The Hall–Kier alpha value is -2.47. The number of rotatable bonds is 11. The fraction of sp³-hybridized carbons (Fsp3) is 0.417. The summed E-state index contributed by atoms with van der Waals surface area (Å²) in [6.45, 7) is 6.88. The smallest absolute Gasteiger partial charge is 0.242 e. The highest BCUT2D eigenvalue weighted by Crippen LogP contribution is 2.19. The summed E-state index contributed by atoms with van der Waals surface area (Å²) in [5, 5.41) is 2.91. The van der Waals surface area contributed by atoms with Crippen molar-refractivity contribution >= 4 is 23.6 Å². The minimum Gasteiger partial charge on any atom is -0.497 e. The monoisotopic (exact) mass is 428 g/mol. The molecular weight excluding hydrogens is 396 g/mol. The Kier molecular flexibility index (Phi) is 9.74. The van der Waals surface area contributed by atoms with E-state index < -0.39 is 6.04 Å². The highest BCUT2D eigenvalue weighted by Gasteiger charge is 2.26. The molecule has 2 aromatic rings. The van der Waals surface area contributed by atoms with Crippen LogP contribution in [0.25, 0.3) is 0 Å². The fourth-order valence-electron chi connectivity index (χ4n) is 3.01. The molecular formula is C24H32N2O3S. The number of nitrogens with one attached hydrogen (secondary N) is 1. The van der Waals surface area contributed by atoms with Crippen LogP contribution >= 0.6 is 11.8 Å². The first kappa shape index (κ1) is 23.8. The molecule has 0 fully saturated rings. The minimum atomic E-state index is -0.523. The van der Waals surface area contributed by atoms with Crippen molar-refractivity contribution in [3.05, 3.63) is 65.2 Å². The van der Waals surface area contributed by atoms with E-state index in [9.17, 15) is 9.59 Å². The van der Waals surface area contributed by atoms with Crippen molar-refractivity contribution in [2.24, 2.45) is 0 Å². The maximum atomic E-state index is 13.1. The number of carbonyl (C=O) groups is 2. The molecule has 0 heterocycles. The van der Waals surface area contributed by atoms with E-state index in [0.29, 0.717) is 18.8 Å². The Bertz CT molecular complexity index is 823. The number of hydrogen-bond acceptors (Lipinski definition) is 4.